The van der Waals surface area contributed by atoms with Crippen molar-refractivity contribution in [1.82, 2.24) is 0 Å². The van der Waals surface area contributed by atoms with Gasteiger partial charge in [0.15, 0.2) is 0 Å². The van der Waals surface area contributed by atoms with Crippen molar-refractivity contribution in [3.05, 3.63) is 35.9 Å². The highest BCUT2D eigenvalue weighted by Crippen LogP contribution is 2.28. The van der Waals surface area contributed by atoms with Gasteiger partial charge in [-0.1, -0.05) is 58.9 Å². The van der Waals surface area contributed by atoms with Crippen molar-refractivity contribution in [2.75, 3.05) is 0 Å². The molecule has 1 aromatic carbocycles. The maximum Gasteiger partial charge on any atom is -0.0184 e. The van der Waals surface area contributed by atoms with E-state index in [0.29, 0.717) is 5.92 Å². The highest BCUT2D eigenvalue weighted by molar-refractivity contribution is 5.17. The molecule has 0 aromatic heterocycles. The largest absolute Gasteiger partial charge is 0.0628 e. The summed E-state index contributed by atoms with van der Waals surface area (Å²) >= 11 is 0. The summed E-state index contributed by atoms with van der Waals surface area (Å²) in [5, 5.41) is 0. The van der Waals surface area contributed by atoms with E-state index in [1.807, 2.05) is 12.1 Å². The lowest BCUT2D eigenvalue weighted by Gasteiger charge is -2.22. The predicted octanol–water partition coefficient (Wildman–Crippen LogP) is 5.69. The molecule has 0 amide bonds. The van der Waals surface area contributed by atoms with Gasteiger partial charge < -0.3 is 0 Å². The molecule has 0 bridgehead atoms. The van der Waals surface area contributed by atoms with E-state index in [1.54, 1.807) is 0 Å². The Morgan fingerprint density at radius 3 is 1.94 bits per heavy atom. The second kappa shape index (κ2) is 7.61. The Bertz CT molecular complexity index is 312. The van der Waals surface area contributed by atoms with E-state index in [1.165, 1.54) is 24.8 Å². The minimum atomic E-state index is 0.667. The molecule has 0 spiro atoms. The minimum absolute atomic E-state index is 0.667. The van der Waals surface area contributed by atoms with E-state index in [-0.39, 0.29) is 0 Å². The van der Waals surface area contributed by atoms with Gasteiger partial charge in [0, 0.05) is 0 Å². The van der Waals surface area contributed by atoms with E-state index in [9.17, 15) is 0 Å². The molecule has 3 unspecified atom stereocenters. The van der Waals surface area contributed by atoms with Crippen LogP contribution in [0.1, 0.15) is 65.4 Å². The van der Waals surface area contributed by atoms with Gasteiger partial charge in [-0.25, -0.2) is 0 Å². The first-order valence-electron chi connectivity index (χ1n) is 7.45. The van der Waals surface area contributed by atoms with Gasteiger partial charge in [-0.15, -0.1) is 0 Å². The third-order valence-corrected chi connectivity index (χ3v) is 3.75. The lowest BCUT2D eigenvalue weighted by Crippen LogP contribution is -2.08. The van der Waals surface area contributed by atoms with Crippen LogP contribution in [0.25, 0.3) is 0 Å². The summed E-state index contributed by atoms with van der Waals surface area (Å²) < 4.78 is 0. The zero-order valence-corrected chi connectivity index (χ0v) is 12.7. The average molecular weight is 245 g/mol. The molecule has 1 aromatic rings. The van der Waals surface area contributed by atoms with Gasteiger partial charge in [-0.2, -0.15) is 0 Å². The van der Waals surface area contributed by atoms with Gasteiger partial charge in [-0.05, 0) is 54.6 Å². The predicted molar refractivity (Wildman–Crippen MR) is 80.7 cm³/mol. The summed E-state index contributed by atoms with van der Waals surface area (Å²) in [4.78, 5) is 0. The normalized spacial score (nSPS) is 16.6. The molecule has 0 fully saturated rings. The molecule has 0 aliphatic carbocycles. The molecule has 1 rings (SSSR count). The van der Waals surface area contributed by atoms with Crippen LogP contribution in [0.3, 0.4) is 0 Å². The van der Waals surface area contributed by atoms with Crippen molar-refractivity contribution in [3.8, 4) is 0 Å². The van der Waals surface area contributed by atoms with Gasteiger partial charge in [-0.3, -0.25) is 0 Å². The fraction of sp³-hybridized carbons (Fsp3) is 0.667. The maximum atomic E-state index is 3.09. The van der Waals surface area contributed by atoms with Gasteiger partial charge in [0.2, 0.25) is 0 Å². The quantitative estimate of drug-likeness (QED) is 0.579. The fourth-order valence-electron chi connectivity index (χ4n) is 3.15. The highest BCUT2D eigenvalue weighted by Gasteiger charge is 2.14. The van der Waals surface area contributed by atoms with Crippen molar-refractivity contribution in [1.29, 1.82) is 0 Å². The molecular formula is C18H29. The SMILES string of the molecule is CC(C)CC(C)CC(C)CC(C)c1cc[c]cc1. The first kappa shape index (κ1) is 15.3. The van der Waals surface area contributed by atoms with Gasteiger partial charge in [0.1, 0.15) is 0 Å². The molecule has 0 aliphatic rings. The lowest BCUT2D eigenvalue weighted by atomic mass is 9.84. The number of hydrogen-bond acceptors (Lipinski definition) is 0. The Morgan fingerprint density at radius 2 is 1.39 bits per heavy atom. The van der Waals surface area contributed by atoms with E-state index >= 15 is 0 Å². The first-order chi connectivity index (χ1) is 8.49. The van der Waals surface area contributed by atoms with Crippen molar-refractivity contribution in [2.45, 2.75) is 59.8 Å². The van der Waals surface area contributed by atoms with Gasteiger partial charge in [0.25, 0.3) is 0 Å². The maximum absolute atomic E-state index is 3.09. The highest BCUT2D eigenvalue weighted by atomic mass is 14.2. The molecule has 0 N–H and O–H groups in total. The van der Waals surface area contributed by atoms with E-state index in [4.69, 9.17) is 0 Å². The Hall–Kier alpha value is -0.780. The van der Waals surface area contributed by atoms with Crippen LogP contribution in [0.15, 0.2) is 24.3 Å². The first-order valence-corrected chi connectivity index (χ1v) is 7.45. The second-order valence-corrected chi connectivity index (χ2v) is 6.55. The molecule has 0 heteroatoms. The van der Waals surface area contributed by atoms with E-state index < -0.39 is 0 Å². The van der Waals surface area contributed by atoms with Crippen molar-refractivity contribution in [2.24, 2.45) is 17.8 Å². The zero-order chi connectivity index (χ0) is 13.5. The molecular weight excluding hydrogens is 216 g/mol. The third-order valence-electron chi connectivity index (χ3n) is 3.75. The second-order valence-electron chi connectivity index (χ2n) is 6.55. The van der Waals surface area contributed by atoms with Crippen LogP contribution >= 0.6 is 0 Å². The standard InChI is InChI=1S/C18H29/c1-14(2)11-15(3)12-16(4)13-17(5)18-9-7-6-8-10-18/h7-10,14-17H,11-13H2,1-5H3. The van der Waals surface area contributed by atoms with Crippen LogP contribution < -0.4 is 0 Å². The lowest BCUT2D eigenvalue weighted by molar-refractivity contribution is 0.333. The molecule has 18 heavy (non-hydrogen) atoms. The summed E-state index contributed by atoms with van der Waals surface area (Å²) in [6.45, 7) is 11.8. The Kier molecular flexibility index (Phi) is 6.46. The van der Waals surface area contributed by atoms with Crippen LogP contribution in [0.2, 0.25) is 0 Å². The Balaban J connectivity index is 2.38. The van der Waals surface area contributed by atoms with Gasteiger partial charge in [0.05, 0.1) is 0 Å². The smallest absolute Gasteiger partial charge is 0.0184 e. The summed E-state index contributed by atoms with van der Waals surface area (Å²) in [6.07, 6.45) is 4.02. The number of hydrogen-bond donors (Lipinski definition) is 0. The van der Waals surface area contributed by atoms with E-state index in [2.05, 4.69) is 52.8 Å². The molecule has 0 saturated carbocycles. The number of benzene rings is 1. The monoisotopic (exact) mass is 245 g/mol. The molecule has 0 nitrogen and oxygen atoms in total. The molecule has 0 saturated heterocycles. The molecule has 0 aliphatic heterocycles. The van der Waals surface area contributed by atoms with Crippen molar-refractivity contribution < 1.29 is 0 Å². The number of rotatable bonds is 7. The van der Waals surface area contributed by atoms with E-state index in [0.717, 1.165) is 17.8 Å². The molecule has 0 heterocycles. The minimum Gasteiger partial charge on any atom is -0.0628 e. The van der Waals surface area contributed by atoms with Gasteiger partial charge >= 0.3 is 0 Å². The summed E-state index contributed by atoms with van der Waals surface area (Å²) in [5.41, 5.74) is 1.46. The fourth-order valence-corrected chi connectivity index (χ4v) is 3.15. The van der Waals surface area contributed by atoms with Crippen LogP contribution in [-0.2, 0) is 0 Å². The molecule has 101 valence electrons. The Labute approximate surface area is 114 Å². The van der Waals surface area contributed by atoms with Crippen LogP contribution in [0.4, 0.5) is 0 Å². The molecule has 3 atom stereocenters. The zero-order valence-electron chi connectivity index (χ0n) is 12.7. The van der Waals surface area contributed by atoms with Crippen molar-refractivity contribution >= 4 is 0 Å². The average Bonchev–Trinajstić information content (AvgIpc) is 2.28. The topological polar surface area (TPSA) is 0 Å². The van der Waals surface area contributed by atoms with Crippen LogP contribution in [0.5, 0.6) is 0 Å². The van der Waals surface area contributed by atoms with Crippen LogP contribution in [-0.4, -0.2) is 0 Å². The summed E-state index contributed by atoms with van der Waals surface area (Å²) in [7, 11) is 0. The van der Waals surface area contributed by atoms with Crippen molar-refractivity contribution in [3.63, 3.8) is 0 Å². The summed E-state index contributed by atoms with van der Waals surface area (Å²) in [6, 6.07) is 11.6. The summed E-state index contributed by atoms with van der Waals surface area (Å²) in [5.74, 6) is 3.17. The molecule has 1 radical (unpaired) electrons. The Morgan fingerprint density at radius 1 is 0.833 bits per heavy atom. The van der Waals surface area contributed by atoms with Crippen LogP contribution in [0, 0.1) is 23.8 Å². The third kappa shape index (κ3) is 5.71.